The van der Waals surface area contributed by atoms with Gasteiger partial charge in [-0.1, -0.05) is 42.5 Å². The van der Waals surface area contributed by atoms with E-state index in [0.717, 1.165) is 24.0 Å². The van der Waals surface area contributed by atoms with Crippen LogP contribution >= 0.6 is 0 Å². The molecule has 4 rings (SSSR count). The third-order valence-electron chi connectivity index (χ3n) is 5.15. The van der Waals surface area contributed by atoms with E-state index in [0.29, 0.717) is 24.3 Å². The molecule has 1 aliphatic heterocycles. The summed E-state index contributed by atoms with van der Waals surface area (Å²) in [6.45, 7) is 1.23. The van der Waals surface area contributed by atoms with Crippen molar-refractivity contribution in [3.63, 3.8) is 0 Å². The summed E-state index contributed by atoms with van der Waals surface area (Å²) < 4.78 is 0. The molecule has 2 heterocycles. The zero-order valence-electron chi connectivity index (χ0n) is 16.0. The van der Waals surface area contributed by atoms with Gasteiger partial charge in [-0.15, -0.1) is 0 Å². The highest BCUT2D eigenvalue weighted by atomic mass is 16.2. The van der Waals surface area contributed by atoms with Gasteiger partial charge in [0.2, 0.25) is 0 Å². The SMILES string of the molecule is O=C(NC1CCN(C(=O)c2ccc(-c3ccccc3)cc2)CC1)c1cnccn1. The molecule has 0 bridgehead atoms. The molecule has 1 saturated heterocycles. The van der Waals surface area contributed by atoms with Gasteiger partial charge in [0.1, 0.15) is 5.69 Å². The lowest BCUT2D eigenvalue weighted by Gasteiger charge is -2.32. The molecule has 0 spiro atoms. The molecule has 1 N–H and O–H groups in total. The predicted molar refractivity (Wildman–Crippen MR) is 110 cm³/mol. The monoisotopic (exact) mass is 386 g/mol. The van der Waals surface area contributed by atoms with Crippen LogP contribution in [0.4, 0.5) is 0 Å². The number of carbonyl (C=O) groups is 2. The Hall–Kier alpha value is -3.54. The molecule has 29 heavy (non-hydrogen) atoms. The lowest BCUT2D eigenvalue weighted by atomic mass is 10.0. The molecule has 6 heteroatoms. The van der Waals surface area contributed by atoms with Crippen LogP contribution in [0.15, 0.2) is 73.2 Å². The lowest BCUT2D eigenvalue weighted by molar-refractivity contribution is 0.0697. The van der Waals surface area contributed by atoms with E-state index in [1.807, 2.05) is 47.4 Å². The van der Waals surface area contributed by atoms with E-state index in [-0.39, 0.29) is 17.9 Å². The number of amides is 2. The van der Waals surface area contributed by atoms with Crippen molar-refractivity contribution in [2.75, 3.05) is 13.1 Å². The minimum absolute atomic E-state index is 0.0308. The molecule has 0 atom stereocenters. The van der Waals surface area contributed by atoms with Gasteiger partial charge in [-0.3, -0.25) is 14.6 Å². The molecule has 3 aromatic rings. The molecule has 2 aromatic carbocycles. The van der Waals surface area contributed by atoms with Crippen LogP contribution in [0.2, 0.25) is 0 Å². The second-order valence-electron chi connectivity index (χ2n) is 7.07. The summed E-state index contributed by atoms with van der Waals surface area (Å²) >= 11 is 0. The summed E-state index contributed by atoms with van der Waals surface area (Å²) in [7, 11) is 0. The molecule has 6 nitrogen and oxygen atoms in total. The number of nitrogens with one attached hydrogen (secondary N) is 1. The van der Waals surface area contributed by atoms with E-state index in [4.69, 9.17) is 0 Å². The van der Waals surface area contributed by atoms with Gasteiger partial charge in [-0.2, -0.15) is 0 Å². The Morgan fingerprint density at radius 3 is 2.24 bits per heavy atom. The summed E-state index contributed by atoms with van der Waals surface area (Å²) in [5, 5.41) is 2.98. The van der Waals surface area contributed by atoms with Gasteiger partial charge < -0.3 is 10.2 Å². The van der Waals surface area contributed by atoms with Gasteiger partial charge >= 0.3 is 0 Å². The molecule has 0 saturated carbocycles. The topological polar surface area (TPSA) is 75.2 Å². The molecular weight excluding hydrogens is 364 g/mol. The zero-order chi connectivity index (χ0) is 20.1. The minimum atomic E-state index is -0.223. The maximum absolute atomic E-state index is 12.8. The standard InChI is InChI=1S/C23H22N4O2/c28-22(21-16-24-12-13-25-21)26-20-10-14-27(15-11-20)23(29)19-8-6-18(7-9-19)17-4-2-1-3-5-17/h1-9,12-13,16,20H,10-11,14-15H2,(H,26,28). The van der Waals surface area contributed by atoms with E-state index in [2.05, 4.69) is 27.4 Å². The van der Waals surface area contributed by atoms with E-state index in [1.54, 1.807) is 0 Å². The van der Waals surface area contributed by atoms with Crippen molar-refractivity contribution in [3.05, 3.63) is 84.4 Å². The molecule has 0 radical (unpaired) electrons. The average molecular weight is 386 g/mol. The highest BCUT2D eigenvalue weighted by Gasteiger charge is 2.25. The molecular formula is C23H22N4O2. The molecule has 1 aliphatic rings. The summed E-state index contributed by atoms with van der Waals surface area (Å²) in [4.78, 5) is 34.8. The van der Waals surface area contributed by atoms with Gasteiger partial charge in [0, 0.05) is 37.1 Å². The second-order valence-corrected chi connectivity index (χ2v) is 7.07. The van der Waals surface area contributed by atoms with E-state index < -0.39 is 0 Å². The number of piperidine rings is 1. The van der Waals surface area contributed by atoms with Crippen LogP contribution in [-0.2, 0) is 0 Å². The Kier molecular flexibility index (Phi) is 5.61. The van der Waals surface area contributed by atoms with Gasteiger partial charge in [0.15, 0.2) is 0 Å². The highest BCUT2D eigenvalue weighted by molar-refractivity contribution is 5.95. The van der Waals surface area contributed by atoms with Crippen LogP contribution in [0.5, 0.6) is 0 Å². The largest absolute Gasteiger partial charge is 0.348 e. The number of aromatic nitrogens is 2. The maximum Gasteiger partial charge on any atom is 0.271 e. The fourth-order valence-corrected chi connectivity index (χ4v) is 3.52. The van der Waals surface area contributed by atoms with E-state index >= 15 is 0 Å². The molecule has 0 aliphatic carbocycles. The van der Waals surface area contributed by atoms with Crippen molar-refractivity contribution in [3.8, 4) is 11.1 Å². The first-order valence-electron chi connectivity index (χ1n) is 9.72. The molecule has 2 amide bonds. The van der Waals surface area contributed by atoms with Crippen LogP contribution in [0, 0.1) is 0 Å². The predicted octanol–water partition coefficient (Wildman–Crippen LogP) is 3.18. The van der Waals surface area contributed by atoms with Gasteiger partial charge in [-0.25, -0.2) is 4.98 Å². The average Bonchev–Trinajstić information content (AvgIpc) is 2.80. The number of carbonyl (C=O) groups excluding carboxylic acids is 2. The molecule has 1 fully saturated rings. The van der Waals surface area contributed by atoms with Crippen molar-refractivity contribution in [1.29, 1.82) is 0 Å². The first-order chi connectivity index (χ1) is 14.2. The van der Waals surface area contributed by atoms with Gasteiger partial charge in [0.25, 0.3) is 11.8 Å². The van der Waals surface area contributed by atoms with Crippen LogP contribution < -0.4 is 5.32 Å². The number of benzene rings is 2. The van der Waals surface area contributed by atoms with Gasteiger partial charge in [0.05, 0.1) is 6.20 Å². The smallest absolute Gasteiger partial charge is 0.271 e. The minimum Gasteiger partial charge on any atom is -0.348 e. The van der Waals surface area contributed by atoms with Crippen LogP contribution in [0.3, 0.4) is 0 Å². The Morgan fingerprint density at radius 1 is 0.897 bits per heavy atom. The van der Waals surface area contributed by atoms with Crippen LogP contribution in [0.25, 0.3) is 11.1 Å². The first kappa shape index (κ1) is 18.8. The maximum atomic E-state index is 12.8. The van der Waals surface area contributed by atoms with Crippen molar-refractivity contribution in [2.45, 2.75) is 18.9 Å². The fourth-order valence-electron chi connectivity index (χ4n) is 3.52. The summed E-state index contributed by atoms with van der Waals surface area (Å²) in [5.41, 5.74) is 3.22. The summed E-state index contributed by atoms with van der Waals surface area (Å²) in [6, 6.07) is 17.9. The number of rotatable bonds is 4. The van der Waals surface area contributed by atoms with E-state index in [1.165, 1.54) is 18.6 Å². The Bertz CT molecular complexity index is 967. The van der Waals surface area contributed by atoms with Crippen molar-refractivity contribution in [2.24, 2.45) is 0 Å². The first-order valence-corrected chi connectivity index (χ1v) is 9.72. The fraction of sp³-hybridized carbons (Fsp3) is 0.217. The van der Waals surface area contributed by atoms with Crippen molar-refractivity contribution < 1.29 is 9.59 Å². The second kappa shape index (κ2) is 8.65. The summed E-state index contributed by atoms with van der Waals surface area (Å²) in [6.07, 6.45) is 5.93. The number of hydrogen-bond acceptors (Lipinski definition) is 4. The van der Waals surface area contributed by atoms with E-state index in [9.17, 15) is 9.59 Å². The number of hydrogen-bond donors (Lipinski definition) is 1. The number of likely N-dealkylation sites (tertiary alicyclic amines) is 1. The normalized spacial score (nSPS) is 14.4. The molecule has 1 aromatic heterocycles. The van der Waals surface area contributed by atoms with Gasteiger partial charge in [-0.05, 0) is 36.1 Å². The molecule has 146 valence electrons. The Labute approximate surface area is 169 Å². The zero-order valence-corrected chi connectivity index (χ0v) is 16.0. The number of nitrogens with zero attached hydrogens (tertiary/aromatic N) is 3. The molecule has 0 unspecified atom stereocenters. The van der Waals surface area contributed by atoms with Crippen molar-refractivity contribution in [1.82, 2.24) is 20.2 Å². The highest BCUT2D eigenvalue weighted by Crippen LogP contribution is 2.21. The van der Waals surface area contributed by atoms with Crippen LogP contribution in [0.1, 0.15) is 33.7 Å². The van der Waals surface area contributed by atoms with Crippen molar-refractivity contribution >= 4 is 11.8 Å². The lowest BCUT2D eigenvalue weighted by Crippen LogP contribution is -2.46. The third kappa shape index (κ3) is 4.48. The quantitative estimate of drug-likeness (QED) is 0.747. The summed E-state index contributed by atoms with van der Waals surface area (Å²) in [5.74, 6) is -0.192. The Balaban J connectivity index is 1.32. The third-order valence-corrected chi connectivity index (χ3v) is 5.15. The Morgan fingerprint density at radius 2 is 1.59 bits per heavy atom. The van der Waals surface area contributed by atoms with Crippen LogP contribution in [-0.4, -0.2) is 45.8 Å².